The lowest BCUT2D eigenvalue weighted by Gasteiger charge is -2.00. The van der Waals surface area contributed by atoms with E-state index in [2.05, 4.69) is 13.2 Å². The van der Waals surface area contributed by atoms with E-state index in [1.54, 1.807) is 6.08 Å². The SMILES string of the molecule is C=CC=CCCCOC(=O)CC=CCCCC=C. The van der Waals surface area contributed by atoms with E-state index in [0.29, 0.717) is 13.0 Å². The monoisotopic (exact) mass is 248 g/mol. The lowest BCUT2D eigenvalue weighted by molar-refractivity contribution is -0.142. The highest BCUT2D eigenvalue weighted by atomic mass is 16.5. The summed E-state index contributed by atoms with van der Waals surface area (Å²) >= 11 is 0. The minimum atomic E-state index is -0.150. The van der Waals surface area contributed by atoms with Gasteiger partial charge in [-0.25, -0.2) is 0 Å². The van der Waals surface area contributed by atoms with Crippen molar-refractivity contribution in [3.63, 3.8) is 0 Å². The largest absolute Gasteiger partial charge is 0.465 e. The third-order valence-electron chi connectivity index (χ3n) is 2.28. The number of ether oxygens (including phenoxy) is 1. The highest BCUT2D eigenvalue weighted by molar-refractivity contribution is 5.71. The zero-order valence-corrected chi connectivity index (χ0v) is 11.1. The van der Waals surface area contributed by atoms with Crippen LogP contribution in [0.1, 0.15) is 38.5 Å². The Morgan fingerprint density at radius 1 is 1.00 bits per heavy atom. The predicted octanol–water partition coefficient (Wildman–Crippen LogP) is 4.35. The van der Waals surface area contributed by atoms with Crippen LogP contribution in [0, 0.1) is 0 Å². The molecule has 0 N–H and O–H groups in total. The van der Waals surface area contributed by atoms with Gasteiger partial charge in [0, 0.05) is 0 Å². The Morgan fingerprint density at radius 3 is 2.50 bits per heavy atom. The molecule has 0 aromatic heterocycles. The van der Waals surface area contributed by atoms with Crippen molar-refractivity contribution in [2.45, 2.75) is 38.5 Å². The van der Waals surface area contributed by atoms with E-state index in [-0.39, 0.29) is 5.97 Å². The van der Waals surface area contributed by atoms with Gasteiger partial charge in [0.1, 0.15) is 0 Å². The number of unbranched alkanes of at least 4 members (excludes halogenated alkanes) is 3. The first kappa shape index (κ1) is 16.4. The highest BCUT2D eigenvalue weighted by Gasteiger charge is 1.97. The van der Waals surface area contributed by atoms with Crippen molar-refractivity contribution >= 4 is 5.97 Å². The lowest BCUT2D eigenvalue weighted by Crippen LogP contribution is -2.03. The van der Waals surface area contributed by atoms with Crippen LogP contribution in [0.25, 0.3) is 0 Å². The summed E-state index contributed by atoms with van der Waals surface area (Å²) in [6.07, 6.45) is 16.7. The molecule has 18 heavy (non-hydrogen) atoms. The van der Waals surface area contributed by atoms with Gasteiger partial charge in [0.05, 0.1) is 13.0 Å². The summed E-state index contributed by atoms with van der Waals surface area (Å²) in [5.74, 6) is -0.150. The fourth-order valence-corrected chi connectivity index (χ4v) is 1.32. The molecule has 0 heterocycles. The molecule has 0 saturated carbocycles. The quantitative estimate of drug-likeness (QED) is 0.235. The first-order chi connectivity index (χ1) is 8.81. The van der Waals surface area contributed by atoms with Crippen LogP contribution in [-0.2, 0) is 9.53 Å². The Morgan fingerprint density at radius 2 is 1.78 bits per heavy atom. The number of carbonyl (C=O) groups is 1. The molecule has 2 heteroatoms. The molecule has 0 unspecified atom stereocenters. The van der Waals surface area contributed by atoms with Gasteiger partial charge in [-0.15, -0.1) is 6.58 Å². The van der Waals surface area contributed by atoms with Gasteiger partial charge in [-0.05, 0) is 32.1 Å². The third-order valence-corrected chi connectivity index (χ3v) is 2.28. The van der Waals surface area contributed by atoms with Crippen molar-refractivity contribution in [1.82, 2.24) is 0 Å². The molecule has 0 aromatic carbocycles. The second-order valence-electron chi connectivity index (χ2n) is 3.92. The molecule has 0 atom stereocenters. The molecule has 0 spiro atoms. The van der Waals surface area contributed by atoms with Gasteiger partial charge in [0.25, 0.3) is 0 Å². The zero-order chi connectivity index (χ0) is 13.5. The first-order valence-electron chi connectivity index (χ1n) is 6.50. The summed E-state index contributed by atoms with van der Waals surface area (Å²) < 4.78 is 5.08. The van der Waals surface area contributed by atoms with E-state index in [9.17, 15) is 4.79 Å². The van der Waals surface area contributed by atoms with Crippen LogP contribution in [0.15, 0.2) is 49.6 Å². The number of esters is 1. The fourth-order valence-electron chi connectivity index (χ4n) is 1.32. The van der Waals surface area contributed by atoms with Crippen molar-refractivity contribution in [1.29, 1.82) is 0 Å². The van der Waals surface area contributed by atoms with E-state index < -0.39 is 0 Å². The molecule has 100 valence electrons. The molecule has 0 aliphatic rings. The minimum Gasteiger partial charge on any atom is -0.465 e. The molecule has 0 aromatic rings. The zero-order valence-electron chi connectivity index (χ0n) is 11.1. The Kier molecular flexibility index (Phi) is 12.3. The molecule has 0 rings (SSSR count). The molecule has 0 bridgehead atoms. The number of carbonyl (C=O) groups excluding carboxylic acids is 1. The van der Waals surface area contributed by atoms with Crippen molar-refractivity contribution < 1.29 is 9.53 Å². The van der Waals surface area contributed by atoms with Gasteiger partial charge in [-0.2, -0.15) is 0 Å². The number of allylic oxidation sites excluding steroid dienone is 5. The maximum Gasteiger partial charge on any atom is 0.309 e. The summed E-state index contributed by atoms with van der Waals surface area (Å²) in [5, 5.41) is 0. The Hall–Kier alpha value is -1.57. The van der Waals surface area contributed by atoms with Crippen LogP contribution >= 0.6 is 0 Å². The minimum absolute atomic E-state index is 0.150. The van der Waals surface area contributed by atoms with Gasteiger partial charge >= 0.3 is 5.97 Å². The summed E-state index contributed by atoms with van der Waals surface area (Å²) in [6.45, 7) is 7.73. The molecule has 0 amide bonds. The standard InChI is InChI=1S/C16H24O2/c1-3-5-7-9-10-12-14-16(17)18-15-13-11-8-6-4-2/h3-4,6,8,10,12H,1-2,5,7,9,11,13-15H2. The van der Waals surface area contributed by atoms with E-state index in [1.807, 2.05) is 30.4 Å². The van der Waals surface area contributed by atoms with Crippen LogP contribution in [0.5, 0.6) is 0 Å². The number of rotatable bonds is 11. The average Bonchev–Trinajstić information content (AvgIpc) is 2.38. The maximum absolute atomic E-state index is 11.3. The summed E-state index contributed by atoms with van der Waals surface area (Å²) in [4.78, 5) is 11.3. The highest BCUT2D eigenvalue weighted by Crippen LogP contribution is 1.99. The van der Waals surface area contributed by atoms with Crippen LogP contribution in [-0.4, -0.2) is 12.6 Å². The molecule has 0 saturated heterocycles. The summed E-state index contributed by atoms with van der Waals surface area (Å²) in [7, 11) is 0. The second kappa shape index (κ2) is 13.5. The molecule has 2 nitrogen and oxygen atoms in total. The van der Waals surface area contributed by atoms with Crippen LogP contribution in [0.3, 0.4) is 0 Å². The van der Waals surface area contributed by atoms with Gasteiger partial charge in [0.2, 0.25) is 0 Å². The van der Waals surface area contributed by atoms with Gasteiger partial charge in [0.15, 0.2) is 0 Å². The Balaban J connectivity index is 3.39. The van der Waals surface area contributed by atoms with Gasteiger partial charge in [-0.1, -0.05) is 43.0 Å². The smallest absolute Gasteiger partial charge is 0.309 e. The van der Waals surface area contributed by atoms with E-state index >= 15 is 0 Å². The van der Waals surface area contributed by atoms with Crippen molar-refractivity contribution in [3.8, 4) is 0 Å². The molecule has 0 aliphatic heterocycles. The van der Waals surface area contributed by atoms with Crippen molar-refractivity contribution in [3.05, 3.63) is 49.6 Å². The topological polar surface area (TPSA) is 26.3 Å². The van der Waals surface area contributed by atoms with Gasteiger partial charge in [-0.3, -0.25) is 4.79 Å². The molecular formula is C16H24O2. The second-order valence-corrected chi connectivity index (χ2v) is 3.92. The summed E-state index contributed by atoms with van der Waals surface area (Å²) in [5.41, 5.74) is 0. The van der Waals surface area contributed by atoms with E-state index in [4.69, 9.17) is 4.74 Å². The molecule has 0 radical (unpaired) electrons. The predicted molar refractivity (Wildman–Crippen MR) is 77.3 cm³/mol. The third kappa shape index (κ3) is 12.5. The molecule has 0 fully saturated rings. The Bertz CT molecular complexity index is 287. The van der Waals surface area contributed by atoms with Crippen LogP contribution in [0.4, 0.5) is 0 Å². The van der Waals surface area contributed by atoms with Gasteiger partial charge < -0.3 is 4.74 Å². The van der Waals surface area contributed by atoms with E-state index in [1.165, 1.54) is 0 Å². The first-order valence-corrected chi connectivity index (χ1v) is 6.50. The number of hydrogen-bond acceptors (Lipinski definition) is 2. The van der Waals surface area contributed by atoms with Crippen LogP contribution in [0.2, 0.25) is 0 Å². The maximum atomic E-state index is 11.3. The van der Waals surface area contributed by atoms with Crippen molar-refractivity contribution in [2.24, 2.45) is 0 Å². The number of hydrogen-bond donors (Lipinski definition) is 0. The molecular weight excluding hydrogens is 224 g/mol. The van der Waals surface area contributed by atoms with Crippen LogP contribution < -0.4 is 0 Å². The normalized spacial score (nSPS) is 10.9. The lowest BCUT2D eigenvalue weighted by atomic mass is 10.2. The Labute approximate surface area is 111 Å². The van der Waals surface area contributed by atoms with E-state index in [0.717, 1.165) is 32.1 Å². The summed E-state index contributed by atoms with van der Waals surface area (Å²) in [6, 6.07) is 0. The average molecular weight is 248 g/mol. The van der Waals surface area contributed by atoms with Crippen molar-refractivity contribution in [2.75, 3.05) is 6.61 Å². The molecule has 0 aliphatic carbocycles. The fraction of sp³-hybridized carbons (Fsp3) is 0.438.